The van der Waals surface area contributed by atoms with Gasteiger partial charge in [0.2, 0.25) is 0 Å². The summed E-state index contributed by atoms with van der Waals surface area (Å²) in [5, 5.41) is 9.64. The van der Waals surface area contributed by atoms with Crippen molar-refractivity contribution in [2.24, 2.45) is 5.92 Å². The van der Waals surface area contributed by atoms with Crippen molar-refractivity contribution in [1.29, 1.82) is 0 Å². The number of carboxylic acids is 1. The molecule has 1 aliphatic heterocycles. The molecule has 9 nitrogen and oxygen atoms in total. The minimum Gasteiger partial charge on any atom is -0.478 e. The van der Waals surface area contributed by atoms with Gasteiger partial charge in [0.15, 0.2) is 11.6 Å². The number of anilines is 2. The molecular formula is C20H21F2N3O6S. The largest absolute Gasteiger partial charge is 0.478 e. The lowest BCUT2D eigenvalue weighted by molar-refractivity contribution is -0.148. The van der Waals surface area contributed by atoms with E-state index in [4.69, 9.17) is 4.74 Å². The molecule has 172 valence electrons. The van der Waals surface area contributed by atoms with Crippen molar-refractivity contribution in [1.82, 2.24) is 4.98 Å². The number of ether oxygens (including phenoxy) is 1. The van der Waals surface area contributed by atoms with Gasteiger partial charge in [-0.15, -0.1) is 0 Å². The van der Waals surface area contributed by atoms with E-state index in [-0.39, 0.29) is 36.2 Å². The number of nitrogens with one attached hydrogen (secondary N) is 1. The number of aromatic nitrogens is 1. The van der Waals surface area contributed by atoms with E-state index in [0.29, 0.717) is 31.5 Å². The van der Waals surface area contributed by atoms with Crippen LogP contribution in [0.25, 0.3) is 0 Å². The van der Waals surface area contributed by atoms with E-state index in [9.17, 15) is 31.9 Å². The zero-order valence-corrected chi connectivity index (χ0v) is 17.9. The number of piperidine rings is 1. The summed E-state index contributed by atoms with van der Waals surface area (Å²) in [4.78, 5) is 29.1. The maximum atomic E-state index is 13.4. The standard InChI is InChI=1S/C20H21F2N3O6S/c1-2-31-20(28)12-4-3-7-25(11-12)18-15(19(26)27)8-13(10-23-18)24-32(29,30)14-5-6-16(21)17(22)9-14/h5-6,8-10,12,24H,2-4,7,11H2,1H3,(H,26,27)/t12-/m1/s1. The second kappa shape index (κ2) is 9.47. The van der Waals surface area contributed by atoms with Gasteiger partial charge >= 0.3 is 11.9 Å². The number of aromatic carboxylic acids is 1. The molecule has 2 N–H and O–H groups in total. The summed E-state index contributed by atoms with van der Waals surface area (Å²) in [7, 11) is -4.32. The summed E-state index contributed by atoms with van der Waals surface area (Å²) >= 11 is 0. The Morgan fingerprint density at radius 3 is 2.69 bits per heavy atom. The number of nitrogens with zero attached hydrogens (tertiary/aromatic N) is 2. The minimum atomic E-state index is -4.32. The highest BCUT2D eigenvalue weighted by Gasteiger charge is 2.30. The van der Waals surface area contributed by atoms with Crippen molar-refractivity contribution in [2.75, 3.05) is 29.3 Å². The van der Waals surface area contributed by atoms with Gasteiger partial charge in [0.25, 0.3) is 10.0 Å². The number of rotatable bonds is 7. The van der Waals surface area contributed by atoms with Gasteiger partial charge in [-0.3, -0.25) is 9.52 Å². The van der Waals surface area contributed by atoms with Crippen LogP contribution in [0.4, 0.5) is 20.3 Å². The first kappa shape index (κ1) is 23.4. The second-order valence-corrected chi connectivity index (χ2v) is 8.80. The Morgan fingerprint density at radius 2 is 2.03 bits per heavy atom. The van der Waals surface area contributed by atoms with E-state index >= 15 is 0 Å². The smallest absolute Gasteiger partial charge is 0.339 e. The molecule has 0 radical (unpaired) electrons. The summed E-state index contributed by atoms with van der Waals surface area (Å²) in [6, 6.07) is 3.14. The van der Waals surface area contributed by atoms with E-state index in [1.165, 1.54) is 0 Å². The number of carboxylic acid groups (broad SMARTS) is 1. The summed E-state index contributed by atoms with van der Waals surface area (Å²) < 4.78 is 58.6. The summed E-state index contributed by atoms with van der Waals surface area (Å²) in [5.41, 5.74) is -0.449. The normalized spacial score (nSPS) is 16.5. The molecule has 0 spiro atoms. The molecule has 2 aromatic rings. The van der Waals surface area contributed by atoms with Crippen LogP contribution in [0.3, 0.4) is 0 Å². The van der Waals surface area contributed by atoms with Crippen LogP contribution in [0.15, 0.2) is 35.4 Å². The van der Waals surface area contributed by atoms with Crippen molar-refractivity contribution >= 4 is 33.5 Å². The van der Waals surface area contributed by atoms with Gasteiger partial charge < -0.3 is 14.7 Å². The average molecular weight is 469 g/mol. The first-order valence-electron chi connectivity index (χ1n) is 9.75. The molecule has 1 fully saturated rings. The van der Waals surface area contributed by atoms with Crippen molar-refractivity contribution in [3.63, 3.8) is 0 Å². The average Bonchev–Trinajstić information content (AvgIpc) is 2.75. The van der Waals surface area contributed by atoms with E-state index in [1.807, 2.05) is 0 Å². The highest BCUT2D eigenvalue weighted by molar-refractivity contribution is 7.92. The third-order valence-electron chi connectivity index (χ3n) is 4.89. The lowest BCUT2D eigenvalue weighted by atomic mass is 9.98. The van der Waals surface area contributed by atoms with Crippen LogP contribution < -0.4 is 9.62 Å². The molecule has 32 heavy (non-hydrogen) atoms. The first-order valence-corrected chi connectivity index (χ1v) is 11.2. The van der Waals surface area contributed by atoms with Crippen LogP contribution in [0.2, 0.25) is 0 Å². The predicted molar refractivity (Wildman–Crippen MR) is 110 cm³/mol. The van der Waals surface area contributed by atoms with Crippen LogP contribution in [-0.4, -0.2) is 50.1 Å². The quantitative estimate of drug-likeness (QED) is 0.593. The van der Waals surface area contributed by atoms with Gasteiger partial charge in [0.05, 0.1) is 29.3 Å². The molecule has 0 saturated carbocycles. The first-order chi connectivity index (χ1) is 15.1. The van der Waals surface area contributed by atoms with Crippen LogP contribution in [0.5, 0.6) is 0 Å². The number of hydrogen-bond donors (Lipinski definition) is 2. The van der Waals surface area contributed by atoms with Crippen LogP contribution in [0, 0.1) is 17.6 Å². The van der Waals surface area contributed by atoms with Gasteiger partial charge in [-0.1, -0.05) is 0 Å². The topological polar surface area (TPSA) is 126 Å². The van der Waals surface area contributed by atoms with Crippen LogP contribution in [0.1, 0.15) is 30.1 Å². The Labute approximate surface area is 183 Å². The Hall–Kier alpha value is -3.28. The van der Waals surface area contributed by atoms with Gasteiger partial charge in [-0.25, -0.2) is 27.0 Å². The summed E-state index contributed by atoms with van der Waals surface area (Å²) in [6.07, 6.45) is 2.34. The van der Waals surface area contributed by atoms with E-state index in [1.54, 1.807) is 11.8 Å². The Balaban J connectivity index is 1.87. The lowest BCUT2D eigenvalue weighted by Gasteiger charge is -2.33. The highest BCUT2D eigenvalue weighted by atomic mass is 32.2. The van der Waals surface area contributed by atoms with Crippen LogP contribution >= 0.6 is 0 Å². The number of hydrogen-bond acceptors (Lipinski definition) is 7. The predicted octanol–water partition coefficient (Wildman–Crippen LogP) is 2.64. The van der Waals surface area contributed by atoms with Gasteiger partial charge in [-0.2, -0.15) is 0 Å². The molecule has 0 aliphatic carbocycles. The number of pyridine rings is 1. The fraction of sp³-hybridized carbons (Fsp3) is 0.350. The number of carbonyl (C=O) groups excluding carboxylic acids is 1. The number of sulfonamides is 1. The number of halogens is 2. The van der Waals surface area contributed by atoms with Crippen molar-refractivity contribution in [3.8, 4) is 0 Å². The number of carbonyl (C=O) groups is 2. The zero-order valence-electron chi connectivity index (χ0n) is 17.0. The van der Waals surface area contributed by atoms with Gasteiger partial charge in [-0.05, 0) is 44.0 Å². The van der Waals surface area contributed by atoms with E-state index in [2.05, 4.69) is 9.71 Å². The fourth-order valence-electron chi connectivity index (χ4n) is 3.40. The SMILES string of the molecule is CCOC(=O)[C@@H]1CCCN(c2ncc(NS(=O)(=O)c3ccc(F)c(F)c3)cc2C(=O)O)C1. The van der Waals surface area contributed by atoms with E-state index in [0.717, 1.165) is 18.3 Å². The Kier molecular flexibility index (Phi) is 6.92. The van der Waals surface area contributed by atoms with Gasteiger partial charge in [0, 0.05) is 13.1 Å². The molecule has 2 heterocycles. The molecule has 1 aromatic carbocycles. The maximum absolute atomic E-state index is 13.4. The Morgan fingerprint density at radius 1 is 1.28 bits per heavy atom. The zero-order chi connectivity index (χ0) is 23.5. The molecule has 3 rings (SSSR count). The molecule has 1 aliphatic rings. The lowest BCUT2D eigenvalue weighted by Crippen LogP contribution is -2.40. The van der Waals surface area contributed by atoms with Crippen LogP contribution in [-0.2, 0) is 19.6 Å². The third kappa shape index (κ3) is 5.13. The third-order valence-corrected chi connectivity index (χ3v) is 6.27. The minimum absolute atomic E-state index is 0.0854. The summed E-state index contributed by atoms with van der Waals surface area (Å²) in [6.45, 7) is 2.61. The summed E-state index contributed by atoms with van der Waals surface area (Å²) in [5.74, 6) is -4.61. The molecule has 12 heteroatoms. The van der Waals surface area contributed by atoms with E-state index < -0.39 is 38.4 Å². The number of esters is 1. The monoisotopic (exact) mass is 469 g/mol. The molecule has 0 bridgehead atoms. The van der Waals surface area contributed by atoms with Crippen molar-refractivity contribution < 1.29 is 36.6 Å². The van der Waals surface area contributed by atoms with Crippen molar-refractivity contribution in [3.05, 3.63) is 47.7 Å². The maximum Gasteiger partial charge on any atom is 0.339 e. The molecule has 1 saturated heterocycles. The molecule has 0 unspecified atom stereocenters. The van der Waals surface area contributed by atoms with Gasteiger partial charge in [0.1, 0.15) is 11.4 Å². The Bertz CT molecular complexity index is 1140. The van der Waals surface area contributed by atoms with Crippen molar-refractivity contribution in [2.45, 2.75) is 24.7 Å². The highest BCUT2D eigenvalue weighted by Crippen LogP contribution is 2.28. The molecular weight excluding hydrogens is 448 g/mol. The fourth-order valence-corrected chi connectivity index (χ4v) is 4.45. The molecule has 1 aromatic heterocycles. The number of benzene rings is 1. The molecule has 1 atom stereocenters. The second-order valence-electron chi connectivity index (χ2n) is 7.12. The molecule has 0 amide bonds.